The predicted octanol–water partition coefficient (Wildman–Crippen LogP) is 1.66. The molecule has 1 unspecified atom stereocenters. The van der Waals surface area contributed by atoms with Crippen molar-refractivity contribution >= 4 is 17.5 Å². The van der Waals surface area contributed by atoms with Crippen LogP contribution < -0.4 is 10.1 Å². The van der Waals surface area contributed by atoms with E-state index in [2.05, 4.69) is 5.32 Å². The largest absolute Gasteiger partial charge is 0.495 e. The molecule has 1 aliphatic rings. The number of ether oxygens (including phenoxy) is 2. The molecule has 2 rings (SSSR count). The van der Waals surface area contributed by atoms with Gasteiger partial charge in [-0.3, -0.25) is 9.59 Å². The van der Waals surface area contributed by atoms with Crippen LogP contribution in [-0.4, -0.2) is 49.6 Å². The third-order valence-corrected chi connectivity index (χ3v) is 3.61. The molecule has 1 N–H and O–H groups in total. The molecule has 0 aliphatic carbocycles. The molecule has 0 radical (unpaired) electrons. The van der Waals surface area contributed by atoms with E-state index in [0.717, 1.165) is 19.4 Å². The van der Waals surface area contributed by atoms with Gasteiger partial charge in [-0.25, -0.2) is 0 Å². The van der Waals surface area contributed by atoms with Crippen LogP contribution in [0.2, 0.25) is 0 Å². The van der Waals surface area contributed by atoms with E-state index in [9.17, 15) is 9.59 Å². The maximum Gasteiger partial charge on any atom is 0.244 e. The lowest BCUT2D eigenvalue weighted by molar-refractivity contribution is -0.134. The maximum absolute atomic E-state index is 12.2. The fourth-order valence-electron chi connectivity index (χ4n) is 2.45. The van der Waals surface area contributed by atoms with E-state index in [-0.39, 0.29) is 24.5 Å². The summed E-state index contributed by atoms with van der Waals surface area (Å²) in [6, 6.07) is 7.17. The van der Waals surface area contributed by atoms with Crippen molar-refractivity contribution in [2.75, 3.05) is 32.1 Å². The molecule has 1 aromatic rings. The highest BCUT2D eigenvalue weighted by Gasteiger charge is 2.22. The SMILES string of the molecule is COc1ccccc1NC(=O)CN(CC1CCCO1)C(C)=O. The number of nitrogens with zero attached hydrogens (tertiary/aromatic N) is 1. The van der Waals surface area contributed by atoms with Gasteiger partial charge >= 0.3 is 0 Å². The first kappa shape index (κ1) is 16.3. The lowest BCUT2D eigenvalue weighted by Gasteiger charge is -2.23. The molecular formula is C16H22N2O4. The summed E-state index contributed by atoms with van der Waals surface area (Å²) in [7, 11) is 1.55. The molecule has 1 saturated heterocycles. The van der Waals surface area contributed by atoms with Gasteiger partial charge in [-0.1, -0.05) is 12.1 Å². The van der Waals surface area contributed by atoms with Crippen LogP contribution in [0.4, 0.5) is 5.69 Å². The number of rotatable bonds is 6. The van der Waals surface area contributed by atoms with Gasteiger partial charge in [-0.2, -0.15) is 0 Å². The molecule has 1 atom stereocenters. The van der Waals surface area contributed by atoms with Crippen molar-refractivity contribution in [1.82, 2.24) is 4.90 Å². The Balaban J connectivity index is 1.94. The molecule has 6 heteroatoms. The fraction of sp³-hybridized carbons (Fsp3) is 0.500. The topological polar surface area (TPSA) is 67.9 Å². The van der Waals surface area contributed by atoms with Crippen molar-refractivity contribution in [2.45, 2.75) is 25.9 Å². The van der Waals surface area contributed by atoms with Crippen LogP contribution in [0.1, 0.15) is 19.8 Å². The molecule has 6 nitrogen and oxygen atoms in total. The van der Waals surface area contributed by atoms with Gasteiger partial charge in [0.25, 0.3) is 0 Å². The Labute approximate surface area is 130 Å². The van der Waals surface area contributed by atoms with Crippen LogP contribution in [0, 0.1) is 0 Å². The standard InChI is InChI=1S/C16H22N2O4/c1-12(19)18(10-13-6-5-9-22-13)11-16(20)17-14-7-3-4-8-15(14)21-2/h3-4,7-8,13H,5-6,9-11H2,1-2H3,(H,17,20). The molecule has 22 heavy (non-hydrogen) atoms. The number of amides is 2. The molecular weight excluding hydrogens is 284 g/mol. The van der Waals surface area contributed by atoms with Crippen LogP contribution in [0.5, 0.6) is 5.75 Å². The molecule has 120 valence electrons. The molecule has 0 saturated carbocycles. The zero-order chi connectivity index (χ0) is 15.9. The first-order valence-corrected chi connectivity index (χ1v) is 7.40. The van der Waals surface area contributed by atoms with E-state index in [1.807, 2.05) is 12.1 Å². The van der Waals surface area contributed by atoms with Crippen molar-refractivity contribution in [3.8, 4) is 5.75 Å². The van der Waals surface area contributed by atoms with Gasteiger partial charge in [0.05, 0.1) is 25.4 Å². The van der Waals surface area contributed by atoms with Crippen LogP contribution in [0.25, 0.3) is 0 Å². The lowest BCUT2D eigenvalue weighted by Crippen LogP contribution is -2.41. The normalized spacial score (nSPS) is 17.1. The fourth-order valence-corrected chi connectivity index (χ4v) is 2.45. The average molecular weight is 306 g/mol. The highest BCUT2D eigenvalue weighted by atomic mass is 16.5. The van der Waals surface area contributed by atoms with Gasteiger partial charge < -0.3 is 19.7 Å². The average Bonchev–Trinajstić information content (AvgIpc) is 3.00. The molecule has 1 fully saturated rings. The molecule has 0 spiro atoms. The minimum absolute atomic E-state index is 0.00718. The smallest absolute Gasteiger partial charge is 0.244 e. The second kappa shape index (κ2) is 7.79. The maximum atomic E-state index is 12.2. The van der Waals surface area contributed by atoms with E-state index in [0.29, 0.717) is 18.0 Å². The Morgan fingerprint density at radius 1 is 1.41 bits per heavy atom. The number of carbonyl (C=O) groups is 2. The minimum atomic E-state index is -0.252. The Bertz CT molecular complexity index is 527. The van der Waals surface area contributed by atoms with E-state index >= 15 is 0 Å². The zero-order valence-electron chi connectivity index (χ0n) is 13.0. The summed E-state index contributed by atoms with van der Waals surface area (Å²) in [6.07, 6.45) is 1.96. The lowest BCUT2D eigenvalue weighted by atomic mass is 10.2. The van der Waals surface area contributed by atoms with Crippen molar-refractivity contribution in [3.63, 3.8) is 0 Å². The number of carbonyl (C=O) groups excluding carboxylic acids is 2. The van der Waals surface area contributed by atoms with Crippen LogP contribution in [-0.2, 0) is 14.3 Å². The minimum Gasteiger partial charge on any atom is -0.495 e. The van der Waals surface area contributed by atoms with Gasteiger partial charge in [0.1, 0.15) is 5.75 Å². The van der Waals surface area contributed by atoms with Crippen molar-refractivity contribution < 1.29 is 19.1 Å². The van der Waals surface area contributed by atoms with Crippen molar-refractivity contribution in [3.05, 3.63) is 24.3 Å². The number of anilines is 1. The summed E-state index contributed by atoms with van der Waals surface area (Å²) >= 11 is 0. The molecule has 0 aromatic heterocycles. The molecule has 1 aromatic carbocycles. The van der Waals surface area contributed by atoms with Crippen molar-refractivity contribution in [1.29, 1.82) is 0 Å². The number of hydrogen-bond acceptors (Lipinski definition) is 4. The summed E-state index contributed by atoms with van der Waals surface area (Å²) in [4.78, 5) is 25.4. The first-order valence-electron chi connectivity index (χ1n) is 7.40. The van der Waals surface area contributed by atoms with E-state index in [1.54, 1.807) is 19.2 Å². The Kier molecular flexibility index (Phi) is 5.77. The number of nitrogens with one attached hydrogen (secondary N) is 1. The predicted molar refractivity (Wildman–Crippen MR) is 82.9 cm³/mol. The van der Waals surface area contributed by atoms with Gasteiger partial charge in [-0.15, -0.1) is 0 Å². The molecule has 1 heterocycles. The number of methoxy groups -OCH3 is 1. The highest BCUT2D eigenvalue weighted by Crippen LogP contribution is 2.23. The van der Waals surface area contributed by atoms with Gasteiger partial charge in [0, 0.05) is 20.1 Å². The summed E-state index contributed by atoms with van der Waals surface area (Å²) in [5, 5.41) is 2.77. The van der Waals surface area contributed by atoms with E-state index in [4.69, 9.17) is 9.47 Å². The number of hydrogen-bond donors (Lipinski definition) is 1. The van der Waals surface area contributed by atoms with Gasteiger partial charge in [0.15, 0.2) is 0 Å². The molecule has 2 amide bonds. The Morgan fingerprint density at radius 2 is 2.18 bits per heavy atom. The first-order chi connectivity index (χ1) is 10.6. The van der Waals surface area contributed by atoms with Crippen LogP contribution in [0.15, 0.2) is 24.3 Å². The van der Waals surface area contributed by atoms with Crippen molar-refractivity contribution in [2.24, 2.45) is 0 Å². The third-order valence-electron chi connectivity index (χ3n) is 3.61. The van der Waals surface area contributed by atoms with Crippen LogP contribution in [0.3, 0.4) is 0 Å². The van der Waals surface area contributed by atoms with E-state index in [1.165, 1.54) is 11.8 Å². The highest BCUT2D eigenvalue weighted by molar-refractivity contribution is 5.95. The number of benzene rings is 1. The summed E-state index contributed by atoms with van der Waals surface area (Å²) < 4.78 is 10.7. The van der Waals surface area contributed by atoms with Gasteiger partial charge in [-0.05, 0) is 25.0 Å². The van der Waals surface area contributed by atoms with Gasteiger partial charge in [0.2, 0.25) is 11.8 Å². The summed E-state index contributed by atoms with van der Waals surface area (Å²) in [5.74, 6) is 0.202. The Morgan fingerprint density at radius 3 is 2.82 bits per heavy atom. The Hall–Kier alpha value is -2.08. The third kappa shape index (κ3) is 4.46. The molecule has 1 aliphatic heterocycles. The summed E-state index contributed by atoms with van der Waals surface area (Å²) in [6.45, 7) is 2.65. The zero-order valence-corrected chi connectivity index (χ0v) is 13.0. The monoisotopic (exact) mass is 306 g/mol. The summed E-state index contributed by atoms with van der Waals surface area (Å²) in [5.41, 5.74) is 0.593. The second-order valence-electron chi connectivity index (χ2n) is 5.28. The van der Waals surface area contributed by atoms with Crippen LogP contribution >= 0.6 is 0 Å². The van der Waals surface area contributed by atoms with E-state index < -0.39 is 0 Å². The second-order valence-corrected chi connectivity index (χ2v) is 5.28. The number of para-hydroxylation sites is 2. The molecule has 0 bridgehead atoms. The quantitative estimate of drug-likeness (QED) is 0.868.